The molecule has 1 aromatic heterocycles. The summed E-state index contributed by atoms with van der Waals surface area (Å²) in [4.78, 5) is 1.82. The van der Waals surface area contributed by atoms with Crippen molar-refractivity contribution in [2.24, 2.45) is 10.2 Å². The fraction of sp³-hybridized carbons (Fsp3) is 0.385. The van der Waals surface area contributed by atoms with Gasteiger partial charge < -0.3 is 9.32 Å². The zero-order valence-electron chi connectivity index (χ0n) is 13.7. The second-order valence-corrected chi connectivity index (χ2v) is 6.52. The molecule has 0 amide bonds. The van der Waals surface area contributed by atoms with Crippen LogP contribution in [0.5, 0.6) is 0 Å². The average molecular weight is 392 g/mol. The molecule has 0 unspecified atom stereocenters. The molecule has 0 bridgehead atoms. The maximum absolute atomic E-state index is 12.7. The Morgan fingerprint density at radius 2 is 1.92 bits per heavy atom. The first-order chi connectivity index (χ1) is 12.2. The van der Waals surface area contributed by atoms with E-state index in [1.165, 1.54) is 16.9 Å². The van der Waals surface area contributed by atoms with Crippen molar-refractivity contribution >= 4 is 33.1 Å². The van der Waals surface area contributed by atoms with Crippen molar-refractivity contribution in [1.29, 1.82) is 0 Å². The number of anilines is 2. The summed E-state index contributed by atoms with van der Waals surface area (Å²) in [6.45, 7) is 4.86. The number of nitrogens with one attached hydrogen (secondary N) is 1. The summed E-state index contributed by atoms with van der Waals surface area (Å²) in [7, 11) is -5.62. The van der Waals surface area contributed by atoms with Crippen molar-refractivity contribution in [3.8, 4) is 0 Å². The van der Waals surface area contributed by atoms with Crippen LogP contribution in [-0.2, 0) is 10.0 Å². The van der Waals surface area contributed by atoms with Crippen molar-refractivity contribution in [3.63, 3.8) is 0 Å². The van der Waals surface area contributed by atoms with Crippen molar-refractivity contribution < 1.29 is 26.0 Å². The number of azo groups is 1. The molecule has 0 atom stereocenters. The van der Waals surface area contributed by atoms with Crippen LogP contribution in [0.25, 0.3) is 0 Å². The highest BCUT2D eigenvalue weighted by Crippen LogP contribution is 2.34. The van der Waals surface area contributed by atoms with Crippen LogP contribution in [0.2, 0.25) is 0 Å². The van der Waals surface area contributed by atoms with E-state index in [4.69, 9.17) is 4.42 Å². The van der Waals surface area contributed by atoms with E-state index < -0.39 is 15.5 Å². The molecule has 0 saturated carbocycles. The molecule has 2 rings (SSSR count). The van der Waals surface area contributed by atoms with Gasteiger partial charge in [0, 0.05) is 18.8 Å². The van der Waals surface area contributed by atoms with E-state index in [-0.39, 0.29) is 17.4 Å². The third kappa shape index (κ3) is 4.47. The Kier molecular flexibility index (Phi) is 5.79. The summed E-state index contributed by atoms with van der Waals surface area (Å²) < 4.78 is 67.3. The summed E-state index contributed by atoms with van der Waals surface area (Å²) in [6, 6.07) is 3.93. The number of hydrogen-bond acceptors (Lipinski definition) is 8. The first kappa shape index (κ1) is 19.6. The van der Waals surface area contributed by atoms with Gasteiger partial charge in [-0.3, -0.25) is 4.72 Å². The first-order valence-corrected chi connectivity index (χ1v) is 8.82. The number of nitrogens with zero attached hydrogens (tertiary/aromatic N) is 5. The van der Waals surface area contributed by atoms with E-state index in [1.54, 1.807) is 6.07 Å². The largest absolute Gasteiger partial charge is 0.516 e. The molecule has 1 N–H and O–H groups in total. The summed E-state index contributed by atoms with van der Waals surface area (Å²) in [5, 5.41) is 14.1. The zero-order chi connectivity index (χ0) is 19.4. The highest BCUT2D eigenvalue weighted by atomic mass is 32.2. The summed E-state index contributed by atoms with van der Waals surface area (Å²) in [5.41, 5.74) is -5.48. The molecule has 9 nitrogen and oxygen atoms in total. The van der Waals surface area contributed by atoms with E-state index in [0.717, 1.165) is 6.39 Å². The number of aromatic nitrogens is 2. The van der Waals surface area contributed by atoms with Crippen LogP contribution in [0.3, 0.4) is 0 Å². The number of alkyl halides is 3. The molecule has 0 spiro atoms. The Bertz CT molecular complexity index is 864. The van der Waals surface area contributed by atoms with Crippen molar-refractivity contribution in [1.82, 2.24) is 10.2 Å². The molecule has 13 heteroatoms. The molecule has 0 aliphatic heterocycles. The molecule has 142 valence electrons. The Morgan fingerprint density at radius 3 is 2.46 bits per heavy atom. The maximum atomic E-state index is 12.7. The number of benzene rings is 1. The van der Waals surface area contributed by atoms with Gasteiger partial charge in [-0.2, -0.15) is 21.6 Å². The standard InChI is InChI=1S/C13H15F3N6O3S/c1-3-22(4-2)9-5-6-10(18-20-12-19-17-8-25-12)11(7-9)21-26(23,24)13(14,15)16/h5-8,21H,3-4H2,1-2H3. The van der Waals surface area contributed by atoms with Crippen LogP contribution in [0.4, 0.5) is 36.2 Å². The van der Waals surface area contributed by atoms with E-state index in [0.29, 0.717) is 18.8 Å². The van der Waals surface area contributed by atoms with Crippen LogP contribution in [0.15, 0.2) is 39.2 Å². The molecule has 1 heterocycles. The van der Waals surface area contributed by atoms with Gasteiger partial charge in [-0.05, 0) is 32.0 Å². The van der Waals surface area contributed by atoms with Gasteiger partial charge in [0.1, 0.15) is 5.69 Å². The average Bonchev–Trinajstić information content (AvgIpc) is 3.07. The Labute approximate surface area is 147 Å². The third-order valence-corrected chi connectivity index (χ3v) is 4.35. The Morgan fingerprint density at radius 1 is 1.23 bits per heavy atom. The minimum Gasteiger partial charge on any atom is -0.408 e. The molecule has 0 aliphatic carbocycles. The lowest BCUT2D eigenvalue weighted by Crippen LogP contribution is -2.30. The SMILES string of the molecule is CCN(CC)c1ccc(N=Nc2nnco2)c(NS(=O)(=O)C(F)(F)F)c1. The fourth-order valence-corrected chi connectivity index (χ4v) is 2.56. The second-order valence-electron chi connectivity index (χ2n) is 4.85. The Balaban J connectivity index is 2.46. The van der Waals surface area contributed by atoms with Crippen LogP contribution in [0, 0.1) is 0 Å². The minimum absolute atomic E-state index is 0.146. The third-order valence-electron chi connectivity index (χ3n) is 3.25. The van der Waals surface area contributed by atoms with Crippen molar-refractivity contribution in [2.75, 3.05) is 22.7 Å². The van der Waals surface area contributed by atoms with Gasteiger partial charge in [0.15, 0.2) is 0 Å². The molecular formula is C13H15F3N6O3S. The zero-order valence-corrected chi connectivity index (χ0v) is 14.5. The van der Waals surface area contributed by atoms with Gasteiger partial charge in [0.25, 0.3) is 0 Å². The quantitative estimate of drug-likeness (QED) is 0.721. The highest BCUT2D eigenvalue weighted by Gasteiger charge is 2.46. The van der Waals surface area contributed by atoms with E-state index in [1.807, 2.05) is 18.7 Å². The molecular weight excluding hydrogens is 377 g/mol. The number of halogens is 3. The van der Waals surface area contributed by atoms with Crippen LogP contribution in [-0.4, -0.2) is 37.2 Å². The molecule has 26 heavy (non-hydrogen) atoms. The number of rotatable bonds is 7. The van der Waals surface area contributed by atoms with E-state index in [9.17, 15) is 21.6 Å². The predicted molar refractivity (Wildman–Crippen MR) is 87.1 cm³/mol. The first-order valence-electron chi connectivity index (χ1n) is 7.34. The lowest BCUT2D eigenvalue weighted by Gasteiger charge is -2.22. The summed E-state index contributed by atoms with van der Waals surface area (Å²) >= 11 is 0. The molecule has 0 radical (unpaired) electrons. The van der Waals surface area contributed by atoms with Gasteiger partial charge in [-0.1, -0.05) is 10.2 Å². The van der Waals surface area contributed by atoms with Gasteiger partial charge in [0.2, 0.25) is 6.39 Å². The lowest BCUT2D eigenvalue weighted by atomic mass is 10.2. The highest BCUT2D eigenvalue weighted by molar-refractivity contribution is 7.93. The second kappa shape index (κ2) is 7.68. The molecule has 0 saturated heterocycles. The topological polar surface area (TPSA) is 113 Å². The summed E-state index contributed by atoms with van der Waals surface area (Å²) in [6.07, 6.45) is 0.991. The van der Waals surface area contributed by atoms with Crippen molar-refractivity contribution in [2.45, 2.75) is 19.4 Å². The van der Waals surface area contributed by atoms with Crippen LogP contribution < -0.4 is 9.62 Å². The van der Waals surface area contributed by atoms with Gasteiger partial charge in [-0.15, -0.1) is 10.2 Å². The van der Waals surface area contributed by atoms with E-state index >= 15 is 0 Å². The number of sulfonamides is 1. The van der Waals surface area contributed by atoms with Crippen LogP contribution >= 0.6 is 0 Å². The fourth-order valence-electron chi connectivity index (χ4n) is 1.99. The molecule has 1 aromatic carbocycles. The number of hydrogen-bond donors (Lipinski definition) is 1. The normalized spacial score (nSPS) is 12.5. The van der Waals surface area contributed by atoms with Gasteiger partial charge in [0.05, 0.1) is 5.69 Å². The van der Waals surface area contributed by atoms with Gasteiger partial charge in [-0.25, -0.2) is 0 Å². The maximum Gasteiger partial charge on any atom is 0.516 e. The molecule has 0 fully saturated rings. The smallest absolute Gasteiger partial charge is 0.408 e. The van der Waals surface area contributed by atoms with Crippen LogP contribution in [0.1, 0.15) is 13.8 Å². The van der Waals surface area contributed by atoms with Gasteiger partial charge >= 0.3 is 21.5 Å². The summed E-state index contributed by atoms with van der Waals surface area (Å²) in [5.74, 6) is 0. The monoisotopic (exact) mass is 392 g/mol. The van der Waals surface area contributed by atoms with E-state index in [2.05, 4.69) is 20.4 Å². The predicted octanol–water partition coefficient (Wildman–Crippen LogP) is 3.59. The Hall–Kier alpha value is -2.70. The minimum atomic E-state index is -5.62. The molecule has 0 aliphatic rings. The molecule has 2 aromatic rings. The van der Waals surface area contributed by atoms with Crippen molar-refractivity contribution in [3.05, 3.63) is 24.6 Å². The lowest BCUT2D eigenvalue weighted by molar-refractivity contribution is -0.0429.